The molecule has 103 heavy (non-hydrogen) atoms. The number of imide groups is 1. The van der Waals surface area contributed by atoms with E-state index in [4.69, 9.17) is 54.3 Å². The fourth-order valence-electron chi connectivity index (χ4n) is 11.3. The van der Waals surface area contributed by atoms with Gasteiger partial charge in [0.25, 0.3) is 11.8 Å². The molecule has 0 saturated carbocycles. The van der Waals surface area contributed by atoms with Gasteiger partial charge in [-0.2, -0.15) is 0 Å². The molecule has 0 spiro atoms. The predicted molar refractivity (Wildman–Crippen MR) is 377 cm³/mol. The van der Waals surface area contributed by atoms with Crippen LogP contribution in [0.4, 0.5) is 0 Å². The number of aliphatic hydroxyl groups excluding tert-OH is 1. The maximum atomic E-state index is 14.0. The summed E-state index contributed by atoms with van der Waals surface area (Å²) in [4.78, 5) is 152. The maximum absolute atomic E-state index is 14.0. The van der Waals surface area contributed by atoms with Crippen LogP contribution in [0.15, 0.2) is 78.9 Å². The number of carbonyl (C=O) groups excluding carboxylic acids is 11. The van der Waals surface area contributed by atoms with Crippen LogP contribution >= 0.6 is 11.6 Å². The van der Waals surface area contributed by atoms with Gasteiger partial charge in [0, 0.05) is 95.0 Å². The van der Waals surface area contributed by atoms with E-state index in [1.165, 1.54) is 11.0 Å². The van der Waals surface area contributed by atoms with Crippen LogP contribution in [0.25, 0.3) is 0 Å². The van der Waals surface area contributed by atoms with Crippen molar-refractivity contribution in [2.24, 2.45) is 29.1 Å². The van der Waals surface area contributed by atoms with E-state index in [2.05, 4.69) is 16.0 Å². The molecule has 27 heteroatoms. The summed E-state index contributed by atoms with van der Waals surface area (Å²) in [5.74, 6) is -7.81. The molecule has 3 heterocycles. The number of hydroxylamine groups is 2. The lowest BCUT2D eigenvalue weighted by Gasteiger charge is -2.29. The zero-order valence-electron chi connectivity index (χ0n) is 61.0. The van der Waals surface area contributed by atoms with Gasteiger partial charge >= 0.3 is 17.9 Å². The largest absolute Gasteiger partial charge is 0.459 e. The van der Waals surface area contributed by atoms with Gasteiger partial charge in [-0.3, -0.25) is 43.2 Å². The van der Waals surface area contributed by atoms with Crippen LogP contribution in [0.2, 0.25) is 5.02 Å². The predicted octanol–water partition coefficient (Wildman–Crippen LogP) is 7.04. The first-order valence-electron chi connectivity index (χ1n) is 35.5. The molecular formula is C76H104ClN5O21. The molecule has 0 aromatic heterocycles. The minimum atomic E-state index is -1.27. The minimum absolute atomic E-state index is 0.00174. The molecule has 3 aromatic carbocycles. The first kappa shape index (κ1) is 84.1. The summed E-state index contributed by atoms with van der Waals surface area (Å²) in [6.45, 7) is 17.7. The van der Waals surface area contributed by atoms with Crippen molar-refractivity contribution in [2.45, 2.75) is 189 Å². The zero-order chi connectivity index (χ0) is 75.3. The summed E-state index contributed by atoms with van der Waals surface area (Å²) >= 11 is 6.41. The van der Waals surface area contributed by atoms with Gasteiger partial charge in [0.15, 0.2) is 18.2 Å². The Bertz CT molecular complexity index is 3360. The molecule has 6 amide bonds. The molecule has 3 aromatic rings. The normalized spacial score (nSPS) is 20.3. The van der Waals surface area contributed by atoms with E-state index < -0.39 is 101 Å². The van der Waals surface area contributed by atoms with E-state index in [0.29, 0.717) is 48.5 Å². The van der Waals surface area contributed by atoms with Crippen molar-refractivity contribution in [1.29, 1.82) is 0 Å². The lowest BCUT2D eigenvalue weighted by atomic mass is 9.88. The molecule has 566 valence electrons. The number of carbonyl (C=O) groups is 11. The lowest BCUT2D eigenvalue weighted by molar-refractivity contribution is -0.197. The summed E-state index contributed by atoms with van der Waals surface area (Å²) in [5.41, 5.74) is 3.56. The molecular weight excluding hydrogens is 1350 g/mol. The molecule has 2 fully saturated rings. The van der Waals surface area contributed by atoms with Gasteiger partial charge in [-0.25, -0.2) is 9.59 Å². The number of aryl methyl sites for hydroxylation is 2. The van der Waals surface area contributed by atoms with Crippen molar-refractivity contribution >= 4 is 76.5 Å². The Labute approximate surface area is 608 Å². The first-order chi connectivity index (χ1) is 49.0. The number of hydrogen-bond donors (Lipinski definition) is 4. The van der Waals surface area contributed by atoms with Crippen molar-refractivity contribution in [2.75, 3.05) is 73.0 Å². The topological polar surface area (TPSA) is 337 Å². The van der Waals surface area contributed by atoms with Crippen LogP contribution in [-0.2, 0) is 121 Å². The van der Waals surface area contributed by atoms with Crippen molar-refractivity contribution in [3.05, 3.63) is 117 Å². The van der Waals surface area contributed by atoms with Crippen molar-refractivity contribution in [3.63, 3.8) is 0 Å². The fourth-order valence-corrected chi connectivity index (χ4v) is 11.5. The third-order valence-electron chi connectivity index (χ3n) is 18.0. The highest BCUT2D eigenvalue weighted by atomic mass is 35.5. The molecule has 2 saturated heterocycles. The van der Waals surface area contributed by atoms with E-state index in [1.54, 1.807) is 78.1 Å². The van der Waals surface area contributed by atoms with Crippen LogP contribution in [0.1, 0.15) is 153 Å². The molecule has 0 radical (unpaired) electrons. The summed E-state index contributed by atoms with van der Waals surface area (Å²) < 4.78 is 45.4. The Morgan fingerprint density at radius 3 is 2.04 bits per heavy atom. The number of halogens is 1. The van der Waals surface area contributed by atoms with E-state index >= 15 is 0 Å². The summed E-state index contributed by atoms with van der Waals surface area (Å²) in [5, 5.41) is 20.2. The van der Waals surface area contributed by atoms with E-state index in [9.17, 15) is 57.8 Å². The highest BCUT2D eigenvalue weighted by molar-refractivity contribution is 6.31. The maximum Gasteiger partial charge on any atom is 0.347 e. The number of amides is 6. The number of ether oxygens (including phenoxy) is 8. The van der Waals surface area contributed by atoms with Crippen LogP contribution in [-0.4, -0.2) is 190 Å². The van der Waals surface area contributed by atoms with Crippen molar-refractivity contribution in [3.8, 4) is 0 Å². The standard InChI is InChI=1S/C76H104ClN5O21/c1-47(2)40-63-74(93)100-62(12-11-13-64(85)80-60(42-55-15-14-49(5)59(77)41-55)73(92)78-46-76(8,9)75(94)101-63)50(6)70-71(102-70)56-23-20-52(21-24-56)22-27-68(89)99-45-54-18-16-53(17-19-54)43-61(84)51(7)79-72(91)58(48(3)4)44-57(83)28-31-81(32-29-69(90)103-82-66(87)25-26-67(82)88)65(86)30-33-96-36-37-98-39-38-97-35-34-95-10/h11,13-21,23-24,41,47-48,50-51,58,60,62-63,68,70-71,89H,12,22,25-40,42-46H2,1-10H3,(H,78,92)(H,79,91)(H,80,85)/b13-11+/t50-,51-,58-,60+,62-,63-,68?,70+,71+/m0/s1. The Balaban J connectivity index is 0.946. The highest BCUT2D eigenvalue weighted by Gasteiger charge is 2.48. The number of cyclic esters (lactones) is 2. The molecule has 4 N–H and O–H groups in total. The molecule has 6 rings (SSSR count). The number of methoxy groups -OCH3 is 1. The monoisotopic (exact) mass is 1460 g/mol. The number of nitrogens with zero attached hydrogens (tertiary/aromatic N) is 2. The molecule has 0 bridgehead atoms. The average molecular weight is 1460 g/mol. The number of aliphatic hydroxyl groups is 1. The summed E-state index contributed by atoms with van der Waals surface area (Å²) in [6.07, 6.45) is -0.774. The SMILES string of the molecule is COCCOCCOCCOCCC(=O)N(CCC(=O)C[C@H](C(=O)N[C@@H](C)C(=O)Cc1ccc(COC(O)CCc2ccc([C@H]3O[C@@H]3[C@@H](C)[C@@H]3C/C=C/C(=O)N[C@H](Cc4ccc(C)c(Cl)c4)C(=O)NCC(C)(C)C(=O)O[C@@H](CC(C)C)C(=O)O3)cc2)cc1)C(C)C)CCC(=O)ON1C(=O)CCC1=O. The van der Waals surface area contributed by atoms with Crippen LogP contribution in [0.3, 0.4) is 0 Å². The smallest absolute Gasteiger partial charge is 0.347 e. The first-order valence-corrected chi connectivity index (χ1v) is 35.8. The molecule has 1 unspecified atom stereocenters. The molecule has 3 aliphatic heterocycles. The molecule has 26 nitrogen and oxygen atoms in total. The number of Topliss-reactive ketones (excluding diaryl/α,β-unsaturated/α-hetero) is 2. The minimum Gasteiger partial charge on any atom is -0.459 e. The number of rotatable bonds is 40. The second-order valence-corrected chi connectivity index (χ2v) is 28.2. The number of nitrogens with one attached hydrogen (secondary N) is 3. The highest BCUT2D eigenvalue weighted by Crippen LogP contribution is 2.45. The number of epoxide rings is 1. The third-order valence-corrected chi connectivity index (χ3v) is 18.4. The van der Waals surface area contributed by atoms with E-state index in [1.807, 2.05) is 64.1 Å². The van der Waals surface area contributed by atoms with Gasteiger partial charge in [-0.15, -0.1) is 5.06 Å². The van der Waals surface area contributed by atoms with Gasteiger partial charge in [0.1, 0.15) is 24.0 Å². The van der Waals surface area contributed by atoms with Gasteiger partial charge < -0.3 is 68.7 Å². The lowest BCUT2D eigenvalue weighted by Crippen LogP contribution is -2.51. The van der Waals surface area contributed by atoms with E-state index in [-0.39, 0.29) is 152 Å². The Kier molecular flexibility index (Phi) is 34.5. The average Bonchev–Trinajstić information content (AvgIpc) is 1.63. The second kappa shape index (κ2) is 42.2. The van der Waals surface area contributed by atoms with Gasteiger partial charge in [-0.05, 0) is 97.9 Å². The number of benzene rings is 3. The molecule has 9 atom stereocenters. The van der Waals surface area contributed by atoms with Crippen molar-refractivity contribution < 1.29 is 101 Å². The van der Waals surface area contributed by atoms with Crippen LogP contribution in [0, 0.1) is 36.0 Å². The van der Waals surface area contributed by atoms with Gasteiger partial charge in [0.05, 0.1) is 83.3 Å². The Morgan fingerprint density at radius 1 is 0.777 bits per heavy atom. The summed E-state index contributed by atoms with van der Waals surface area (Å²) in [6, 6.07) is 18.4. The quantitative estimate of drug-likeness (QED) is 0.0146. The molecule has 0 aliphatic carbocycles. The fraction of sp³-hybridized carbons (Fsp3) is 0.592. The number of esters is 2. The summed E-state index contributed by atoms with van der Waals surface area (Å²) in [7, 11) is 1.58. The molecule has 3 aliphatic rings. The van der Waals surface area contributed by atoms with Gasteiger partial charge in [-0.1, -0.05) is 113 Å². The zero-order valence-corrected chi connectivity index (χ0v) is 61.8. The number of ketones is 2. The number of hydrogen-bond acceptors (Lipinski definition) is 21. The van der Waals surface area contributed by atoms with Crippen LogP contribution < -0.4 is 16.0 Å². The van der Waals surface area contributed by atoms with Crippen LogP contribution in [0.5, 0.6) is 0 Å². The Morgan fingerprint density at radius 2 is 1.40 bits per heavy atom. The van der Waals surface area contributed by atoms with Crippen molar-refractivity contribution in [1.82, 2.24) is 25.9 Å². The third kappa shape index (κ3) is 28.6. The second-order valence-electron chi connectivity index (χ2n) is 27.8. The Hall–Kier alpha value is -7.82. The van der Waals surface area contributed by atoms with E-state index in [0.717, 1.165) is 27.8 Å². The van der Waals surface area contributed by atoms with Gasteiger partial charge in [0.2, 0.25) is 23.6 Å².